The van der Waals surface area contributed by atoms with Crippen molar-refractivity contribution in [3.63, 3.8) is 0 Å². The Bertz CT molecular complexity index is 483. The minimum absolute atomic E-state index is 0.556. The zero-order chi connectivity index (χ0) is 12.8. The van der Waals surface area contributed by atoms with Crippen LogP contribution in [0.5, 0.6) is 11.5 Å². The maximum Gasteiger partial charge on any atom is 0.155 e. The quantitative estimate of drug-likeness (QED) is 0.811. The molecule has 0 aromatic heterocycles. The van der Waals surface area contributed by atoms with Crippen molar-refractivity contribution >= 4 is 0 Å². The third-order valence-corrected chi connectivity index (χ3v) is 4.81. The van der Waals surface area contributed by atoms with Gasteiger partial charge in [-0.1, -0.05) is 6.07 Å². The molecular formula is C15H20N2O2. The van der Waals surface area contributed by atoms with E-state index in [1.807, 2.05) is 12.1 Å². The maximum absolute atomic E-state index is 6.07. The molecule has 2 bridgehead atoms. The highest BCUT2D eigenvalue weighted by Gasteiger charge is 2.40. The van der Waals surface area contributed by atoms with E-state index in [0.717, 1.165) is 30.5 Å². The van der Waals surface area contributed by atoms with E-state index in [4.69, 9.17) is 9.57 Å². The molecule has 0 N–H and O–H groups in total. The van der Waals surface area contributed by atoms with E-state index >= 15 is 0 Å². The van der Waals surface area contributed by atoms with Crippen LogP contribution in [0, 0.1) is 5.92 Å². The number of methoxy groups -OCH3 is 1. The molecule has 4 aliphatic rings. The van der Waals surface area contributed by atoms with E-state index in [-0.39, 0.29) is 0 Å². The van der Waals surface area contributed by atoms with E-state index < -0.39 is 0 Å². The first kappa shape index (κ1) is 11.6. The van der Waals surface area contributed by atoms with Crippen molar-refractivity contribution in [1.29, 1.82) is 0 Å². The second-order valence-corrected chi connectivity index (χ2v) is 5.85. The second kappa shape index (κ2) is 4.39. The molecule has 0 radical (unpaired) electrons. The summed E-state index contributed by atoms with van der Waals surface area (Å²) >= 11 is 0. The average Bonchev–Trinajstić information content (AvgIpc) is 2.91. The van der Waals surface area contributed by atoms with E-state index in [9.17, 15) is 0 Å². The summed E-state index contributed by atoms with van der Waals surface area (Å²) in [5.74, 6) is 2.64. The number of hydrogen-bond donors (Lipinski definition) is 0. The smallest absolute Gasteiger partial charge is 0.155 e. The van der Waals surface area contributed by atoms with E-state index in [2.05, 4.69) is 16.0 Å². The largest absolute Gasteiger partial charge is 0.497 e. The maximum atomic E-state index is 6.07. The molecule has 4 nitrogen and oxygen atoms in total. The minimum atomic E-state index is 0.556. The van der Waals surface area contributed by atoms with Crippen molar-refractivity contribution in [2.45, 2.75) is 25.4 Å². The molecule has 19 heavy (non-hydrogen) atoms. The average molecular weight is 260 g/mol. The van der Waals surface area contributed by atoms with Gasteiger partial charge in [0.1, 0.15) is 5.75 Å². The summed E-state index contributed by atoms with van der Waals surface area (Å²) in [5, 5.41) is 2.19. The molecule has 3 saturated heterocycles. The van der Waals surface area contributed by atoms with Gasteiger partial charge in [-0.25, -0.2) is 0 Å². The molecule has 3 fully saturated rings. The predicted molar refractivity (Wildman–Crippen MR) is 72.1 cm³/mol. The SMILES string of the molecule is COc1ccc2c(c1)ON([C@H]1CN3CCC1CC3)C2. The van der Waals surface area contributed by atoms with Crippen LogP contribution in [0.25, 0.3) is 0 Å². The Morgan fingerprint density at radius 3 is 2.79 bits per heavy atom. The van der Waals surface area contributed by atoms with Crippen molar-refractivity contribution in [3.8, 4) is 11.5 Å². The normalized spacial score (nSPS) is 33.0. The van der Waals surface area contributed by atoms with Crippen LogP contribution < -0.4 is 9.57 Å². The summed E-state index contributed by atoms with van der Waals surface area (Å²) in [4.78, 5) is 8.64. The number of ether oxygens (including phenoxy) is 1. The van der Waals surface area contributed by atoms with Gasteiger partial charge in [0, 0.05) is 18.2 Å². The first-order valence-corrected chi connectivity index (χ1v) is 7.17. The third-order valence-electron chi connectivity index (χ3n) is 4.81. The molecule has 0 spiro atoms. The third kappa shape index (κ3) is 1.90. The first-order valence-electron chi connectivity index (χ1n) is 7.17. The molecular weight excluding hydrogens is 240 g/mol. The van der Waals surface area contributed by atoms with Crippen LogP contribution in [-0.2, 0) is 6.54 Å². The van der Waals surface area contributed by atoms with Crippen molar-refractivity contribution in [2.24, 2.45) is 5.92 Å². The summed E-state index contributed by atoms with van der Waals surface area (Å²) in [6.45, 7) is 4.62. The van der Waals surface area contributed by atoms with Gasteiger partial charge in [-0.2, -0.15) is 0 Å². The molecule has 1 aromatic rings. The molecule has 0 aliphatic carbocycles. The van der Waals surface area contributed by atoms with Crippen LogP contribution in [0.3, 0.4) is 0 Å². The van der Waals surface area contributed by atoms with E-state index in [1.165, 1.54) is 31.5 Å². The number of hydroxylamine groups is 2. The van der Waals surface area contributed by atoms with Crippen LogP contribution in [0.4, 0.5) is 0 Å². The second-order valence-electron chi connectivity index (χ2n) is 5.85. The Hall–Kier alpha value is -1.26. The lowest BCUT2D eigenvalue weighted by Crippen LogP contribution is -2.57. The number of rotatable bonds is 2. The molecule has 102 valence electrons. The Morgan fingerprint density at radius 2 is 2.11 bits per heavy atom. The van der Waals surface area contributed by atoms with Gasteiger partial charge in [-0.15, -0.1) is 5.06 Å². The van der Waals surface area contributed by atoms with Crippen LogP contribution in [0.1, 0.15) is 18.4 Å². The Balaban J connectivity index is 1.53. The topological polar surface area (TPSA) is 24.9 Å². The fourth-order valence-electron chi connectivity index (χ4n) is 3.65. The lowest BCUT2D eigenvalue weighted by Gasteiger charge is -2.47. The molecule has 1 atom stereocenters. The van der Waals surface area contributed by atoms with Gasteiger partial charge in [0.2, 0.25) is 0 Å². The van der Waals surface area contributed by atoms with Gasteiger partial charge < -0.3 is 14.5 Å². The molecule has 0 amide bonds. The molecule has 0 saturated carbocycles. The highest BCUT2D eigenvalue weighted by Crippen LogP contribution is 2.37. The summed E-state index contributed by atoms with van der Waals surface area (Å²) in [6, 6.07) is 6.69. The predicted octanol–water partition coefficient (Wildman–Crippen LogP) is 1.90. The summed E-state index contributed by atoms with van der Waals surface area (Å²) in [7, 11) is 1.70. The van der Waals surface area contributed by atoms with Gasteiger partial charge in [-0.3, -0.25) is 0 Å². The van der Waals surface area contributed by atoms with E-state index in [0.29, 0.717) is 6.04 Å². The number of nitrogens with zero attached hydrogens (tertiary/aromatic N) is 2. The van der Waals surface area contributed by atoms with Gasteiger partial charge in [0.25, 0.3) is 0 Å². The Morgan fingerprint density at radius 1 is 1.26 bits per heavy atom. The van der Waals surface area contributed by atoms with Gasteiger partial charge in [-0.05, 0) is 37.9 Å². The molecule has 1 aromatic carbocycles. The monoisotopic (exact) mass is 260 g/mol. The van der Waals surface area contributed by atoms with Crippen molar-refractivity contribution in [1.82, 2.24) is 9.96 Å². The van der Waals surface area contributed by atoms with E-state index in [1.54, 1.807) is 7.11 Å². The lowest BCUT2D eigenvalue weighted by atomic mass is 9.84. The summed E-state index contributed by atoms with van der Waals surface area (Å²) in [5.41, 5.74) is 1.28. The first-order chi connectivity index (χ1) is 9.33. The van der Waals surface area contributed by atoms with Crippen molar-refractivity contribution < 1.29 is 9.57 Å². The zero-order valence-corrected chi connectivity index (χ0v) is 11.3. The highest BCUT2D eigenvalue weighted by atomic mass is 16.7. The summed E-state index contributed by atoms with van der Waals surface area (Å²) < 4.78 is 5.26. The Kier molecular flexibility index (Phi) is 2.67. The fraction of sp³-hybridized carbons (Fsp3) is 0.600. The molecule has 5 rings (SSSR count). The van der Waals surface area contributed by atoms with Crippen LogP contribution in [-0.4, -0.2) is 42.7 Å². The fourth-order valence-corrected chi connectivity index (χ4v) is 3.65. The van der Waals surface area contributed by atoms with Crippen molar-refractivity contribution in [2.75, 3.05) is 26.7 Å². The van der Waals surface area contributed by atoms with Crippen LogP contribution >= 0.6 is 0 Å². The number of fused-ring (bicyclic) bond motifs is 4. The van der Waals surface area contributed by atoms with Crippen molar-refractivity contribution in [3.05, 3.63) is 23.8 Å². The number of hydrogen-bond acceptors (Lipinski definition) is 4. The molecule has 4 heterocycles. The summed E-state index contributed by atoms with van der Waals surface area (Å²) in [6.07, 6.45) is 2.65. The zero-order valence-electron chi connectivity index (χ0n) is 11.3. The lowest BCUT2D eigenvalue weighted by molar-refractivity contribution is -0.135. The Labute approximate surface area is 113 Å². The highest BCUT2D eigenvalue weighted by molar-refractivity contribution is 5.42. The molecule has 4 aliphatic heterocycles. The number of piperidine rings is 3. The molecule has 4 heteroatoms. The van der Waals surface area contributed by atoms with Crippen LogP contribution in [0.15, 0.2) is 18.2 Å². The van der Waals surface area contributed by atoms with Gasteiger partial charge in [0.05, 0.1) is 19.7 Å². The van der Waals surface area contributed by atoms with Gasteiger partial charge in [0.15, 0.2) is 5.75 Å². The standard InChI is InChI=1S/C15H20N2O2/c1-18-13-3-2-12-9-17(19-15(12)8-13)14-10-16-6-4-11(14)5-7-16/h2-3,8,11,14H,4-7,9-10H2,1H3/t14-/m0/s1. The molecule has 0 unspecified atom stereocenters. The van der Waals surface area contributed by atoms with Crippen LogP contribution in [0.2, 0.25) is 0 Å². The minimum Gasteiger partial charge on any atom is -0.497 e. The van der Waals surface area contributed by atoms with Gasteiger partial charge >= 0.3 is 0 Å². The number of benzene rings is 1.